The zero-order valence-electron chi connectivity index (χ0n) is 9.68. The fourth-order valence-electron chi connectivity index (χ4n) is 1.23. The van der Waals surface area contributed by atoms with Crippen LogP contribution in [-0.4, -0.2) is 25.6 Å². The predicted molar refractivity (Wildman–Crippen MR) is 62.3 cm³/mol. The van der Waals surface area contributed by atoms with Gasteiger partial charge in [-0.15, -0.1) is 0 Å². The molecule has 0 amide bonds. The molecule has 1 aromatic rings. The van der Waals surface area contributed by atoms with E-state index in [1.165, 1.54) is 7.11 Å². The summed E-state index contributed by atoms with van der Waals surface area (Å²) in [5.41, 5.74) is 4.94. The van der Waals surface area contributed by atoms with E-state index >= 15 is 0 Å². The summed E-state index contributed by atoms with van der Waals surface area (Å²) in [7, 11) is 1.51. The van der Waals surface area contributed by atoms with Crippen molar-refractivity contribution in [2.75, 3.05) is 19.0 Å². The SMILES string of the molecule is COC(C)CNc1c(F)cc(C(=N)N)cc1F. The van der Waals surface area contributed by atoms with Gasteiger partial charge >= 0.3 is 0 Å². The molecular formula is C11H15F2N3O. The van der Waals surface area contributed by atoms with Crippen molar-refractivity contribution in [3.63, 3.8) is 0 Å². The quantitative estimate of drug-likeness (QED) is 0.544. The molecule has 0 aliphatic rings. The largest absolute Gasteiger partial charge is 0.384 e. The van der Waals surface area contributed by atoms with Crippen LogP contribution in [0.25, 0.3) is 0 Å². The molecule has 4 nitrogen and oxygen atoms in total. The minimum atomic E-state index is -0.779. The van der Waals surface area contributed by atoms with E-state index in [4.69, 9.17) is 15.9 Å². The third-order valence-electron chi connectivity index (χ3n) is 2.32. The van der Waals surface area contributed by atoms with Crippen LogP contribution in [0.4, 0.5) is 14.5 Å². The molecule has 0 aliphatic heterocycles. The van der Waals surface area contributed by atoms with Crippen LogP contribution in [0.1, 0.15) is 12.5 Å². The highest BCUT2D eigenvalue weighted by molar-refractivity contribution is 5.95. The van der Waals surface area contributed by atoms with Crippen LogP contribution in [0, 0.1) is 17.0 Å². The van der Waals surface area contributed by atoms with E-state index in [0.29, 0.717) is 0 Å². The number of halogens is 2. The highest BCUT2D eigenvalue weighted by Gasteiger charge is 2.13. The van der Waals surface area contributed by atoms with E-state index in [9.17, 15) is 8.78 Å². The van der Waals surface area contributed by atoms with Gasteiger partial charge < -0.3 is 15.8 Å². The first-order valence-electron chi connectivity index (χ1n) is 5.05. The average molecular weight is 243 g/mol. The van der Waals surface area contributed by atoms with Gasteiger partial charge in [-0.2, -0.15) is 0 Å². The topological polar surface area (TPSA) is 71.1 Å². The maximum atomic E-state index is 13.5. The lowest BCUT2D eigenvalue weighted by molar-refractivity contribution is 0.128. The maximum Gasteiger partial charge on any atom is 0.150 e. The first-order chi connectivity index (χ1) is 7.95. The van der Waals surface area contributed by atoms with E-state index in [0.717, 1.165) is 12.1 Å². The van der Waals surface area contributed by atoms with Crippen molar-refractivity contribution in [3.05, 3.63) is 29.3 Å². The average Bonchev–Trinajstić information content (AvgIpc) is 2.27. The Morgan fingerprint density at radius 1 is 1.47 bits per heavy atom. The number of nitrogens with two attached hydrogens (primary N) is 1. The number of hydrogen-bond acceptors (Lipinski definition) is 3. The zero-order valence-corrected chi connectivity index (χ0v) is 9.68. The second-order valence-electron chi connectivity index (χ2n) is 3.66. The lowest BCUT2D eigenvalue weighted by Crippen LogP contribution is -2.20. The van der Waals surface area contributed by atoms with Gasteiger partial charge in [0.2, 0.25) is 0 Å². The van der Waals surface area contributed by atoms with Gasteiger partial charge in [0.25, 0.3) is 0 Å². The summed E-state index contributed by atoms with van der Waals surface area (Å²) in [4.78, 5) is 0. The van der Waals surface area contributed by atoms with Gasteiger partial charge in [-0.1, -0.05) is 0 Å². The molecule has 1 unspecified atom stereocenters. The van der Waals surface area contributed by atoms with E-state index in [-0.39, 0.29) is 29.7 Å². The zero-order chi connectivity index (χ0) is 13.0. The van der Waals surface area contributed by atoms with Crippen LogP contribution in [0.5, 0.6) is 0 Å². The Kier molecular flexibility index (Phi) is 4.39. The lowest BCUT2D eigenvalue weighted by atomic mass is 10.1. The number of benzene rings is 1. The van der Waals surface area contributed by atoms with Crippen LogP contribution in [0.2, 0.25) is 0 Å². The van der Waals surface area contributed by atoms with Gasteiger partial charge in [0.15, 0.2) is 0 Å². The molecule has 0 fully saturated rings. The Balaban J connectivity index is 2.90. The number of ether oxygens (including phenoxy) is 1. The lowest BCUT2D eigenvalue weighted by Gasteiger charge is -2.13. The fraction of sp³-hybridized carbons (Fsp3) is 0.364. The van der Waals surface area contributed by atoms with Crippen molar-refractivity contribution in [3.8, 4) is 0 Å². The Bertz CT molecular complexity index is 400. The van der Waals surface area contributed by atoms with Crippen molar-refractivity contribution in [1.82, 2.24) is 0 Å². The highest BCUT2D eigenvalue weighted by Crippen LogP contribution is 2.20. The van der Waals surface area contributed by atoms with Gasteiger partial charge in [0, 0.05) is 19.2 Å². The van der Waals surface area contributed by atoms with Crippen molar-refractivity contribution in [2.24, 2.45) is 5.73 Å². The minimum absolute atomic E-state index is 0.0188. The summed E-state index contributed by atoms with van der Waals surface area (Å²) in [6, 6.07) is 2.04. The summed E-state index contributed by atoms with van der Waals surface area (Å²) in [5.74, 6) is -1.93. The van der Waals surface area contributed by atoms with Gasteiger partial charge in [-0.3, -0.25) is 5.41 Å². The molecule has 0 saturated heterocycles. The van der Waals surface area contributed by atoms with Gasteiger partial charge in [-0.05, 0) is 19.1 Å². The molecule has 6 heteroatoms. The number of hydrogen-bond donors (Lipinski definition) is 3. The Morgan fingerprint density at radius 2 is 2.00 bits per heavy atom. The van der Waals surface area contributed by atoms with E-state index in [1.807, 2.05) is 0 Å². The highest BCUT2D eigenvalue weighted by atomic mass is 19.1. The molecule has 94 valence electrons. The second kappa shape index (κ2) is 5.58. The van der Waals surface area contributed by atoms with Crippen molar-refractivity contribution < 1.29 is 13.5 Å². The molecule has 1 aromatic carbocycles. The summed E-state index contributed by atoms with van der Waals surface area (Å²) in [6.07, 6.45) is -0.165. The van der Waals surface area contributed by atoms with Crippen molar-refractivity contribution >= 4 is 11.5 Å². The number of nitrogen functional groups attached to an aromatic ring is 1. The first-order valence-corrected chi connectivity index (χ1v) is 5.05. The molecule has 0 radical (unpaired) electrons. The Hall–Kier alpha value is -1.69. The maximum absolute atomic E-state index is 13.5. The van der Waals surface area contributed by atoms with Gasteiger partial charge in [-0.25, -0.2) is 8.78 Å². The molecule has 0 aromatic heterocycles. The van der Waals surface area contributed by atoms with Crippen LogP contribution < -0.4 is 11.1 Å². The summed E-state index contributed by atoms with van der Waals surface area (Å²) >= 11 is 0. The standard InChI is InChI=1S/C11H15F2N3O/c1-6(17-2)5-16-10-8(12)3-7(11(14)15)4-9(10)13/h3-4,6,16H,5H2,1-2H3,(H3,14,15). The third-order valence-corrected chi connectivity index (χ3v) is 2.32. The summed E-state index contributed by atoms with van der Waals surface area (Å²) in [5, 5.41) is 9.71. The molecule has 17 heavy (non-hydrogen) atoms. The number of rotatable bonds is 5. The predicted octanol–water partition coefficient (Wildman–Crippen LogP) is 1.70. The molecule has 0 bridgehead atoms. The van der Waals surface area contributed by atoms with Crippen LogP contribution in [-0.2, 0) is 4.74 Å². The third kappa shape index (κ3) is 3.39. The van der Waals surface area contributed by atoms with E-state index in [1.54, 1.807) is 6.92 Å². The van der Waals surface area contributed by atoms with Crippen LogP contribution in [0.15, 0.2) is 12.1 Å². The number of nitrogens with one attached hydrogen (secondary N) is 2. The molecule has 0 spiro atoms. The number of anilines is 1. The first kappa shape index (κ1) is 13.4. The molecule has 1 atom stereocenters. The van der Waals surface area contributed by atoms with E-state index in [2.05, 4.69) is 5.32 Å². The van der Waals surface area contributed by atoms with Gasteiger partial charge in [0.1, 0.15) is 23.2 Å². The molecule has 0 heterocycles. The Morgan fingerprint density at radius 3 is 2.41 bits per heavy atom. The normalized spacial score (nSPS) is 12.2. The second-order valence-corrected chi connectivity index (χ2v) is 3.66. The molecule has 0 saturated carbocycles. The van der Waals surface area contributed by atoms with Crippen LogP contribution >= 0.6 is 0 Å². The molecule has 4 N–H and O–H groups in total. The minimum Gasteiger partial charge on any atom is -0.384 e. The van der Waals surface area contributed by atoms with E-state index < -0.39 is 11.6 Å². The van der Waals surface area contributed by atoms with Crippen molar-refractivity contribution in [1.29, 1.82) is 5.41 Å². The van der Waals surface area contributed by atoms with Crippen molar-refractivity contribution in [2.45, 2.75) is 13.0 Å². The molecule has 0 aliphatic carbocycles. The molecular weight excluding hydrogens is 228 g/mol. The number of methoxy groups -OCH3 is 1. The summed E-state index contributed by atoms with van der Waals surface area (Å²) in [6.45, 7) is 2.05. The van der Waals surface area contributed by atoms with Gasteiger partial charge in [0.05, 0.1) is 6.10 Å². The smallest absolute Gasteiger partial charge is 0.150 e. The van der Waals surface area contributed by atoms with Crippen LogP contribution in [0.3, 0.4) is 0 Å². The number of amidine groups is 1. The summed E-state index contributed by atoms with van der Waals surface area (Å²) < 4.78 is 32.0. The molecule has 1 rings (SSSR count). The fourth-order valence-corrected chi connectivity index (χ4v) is 1.23. The Labute approximate surface area is 98.3 Å². The monoisotopic (exact) mass is 243 g/mol.